The monoisotopic (exact) mass is 775 g/mol. The van der Waals surface area contributed by atoms with Crippen LogP contribution in [0.4, 0.5) is 0 Å². The molecule has 17 heteroatoms. The number of hydrogen-bond donors (Lipinski definition) is 2. The van der Waals surface area contributed by atoms with Crippen molar-refractivity contribution in [1.29, 1.82) is 0 Å². The molecule has 0 unspecified atom stereocenters. The third kappa shape index (κ3) is 16.2. The second-order valence-corrected chi connectivity index (χ2v) is 13.9. The summed E-state index contributed by atoms with van der Waals surface area (Å²) in [6.07, 6.45) is 5.11. The van der Waals surface area contributed by atoms with E-state index in [-0.39, 0.29) is 11.7 Å². The van der Waals surface area contributed by atoms with Gasteiger partial charge in [-0.25, -0.2) is 4.98 Å². The van der Waals surface area contributed by atoms with E-state index in [2.05, 4.69) is 44.4 Å². The van der Waals surface area contributed by atoms with Gasteiger partial charge < -0.3 is 43.5 Å². The fourth-order valence-electron chi connectivity index (χ4n) is 4.86. The molecule has 1 amide bonds. The highest BCUT2D eigenvalue weighted by Gasteiger charge is 2.16. The number of methoxy groups -OCH3 is 2. The summed E-state index contributed by atoms with van der Waals surface area (Å²) in [6.45, 7) is 14.0. The summed E-state index contributed by atoms with van der Waals surface area (Å²) in [6, 6.07) is 5.50. The average molecular weight is 776 g/mol. The van der Waals surface area contributed by atoms with Crippen LogP contribution in [0.25, 0.3) is 11.0 Å². The van der Waals surface area contributed by atoms with E-state index in [0.717, 1.165) is 58.0 Å². The molecular weight excluding hydrogens is 719 g/mol. The zero-order chi connectivity index (χ0) is 39.1. The maximum Gasteiger partial charge on any atom is 0.222 e. The molecule has 0 fully saturated rings. The standard InChI is InChI=1S/C20H38N4O6.C17H19N3O3S/c1-18(2)4-6-24-16-19(22-23-24)17-30-15-14-29-13-12-28-11-10-27-9-8-26-7-5-20(25)21-3;1-10-8-18-15(11(2)16(10)23-4)9-24(21)17-19-13-6-5-12(22-3)7-14(13)20-17/h16,18H,4-15,17H2,1-3H3,(H,21,25);5-8H,9H2,1-4H3,(H,19,20)/t;24-/m.0/s1. The van der Waals surface area contributed by atoms with Crippen LogP contribution in [0.1, 0.15) is 49.2 Å². The zero-order valence-electron chi connectivity index (χ0n) is 32.7. The van der Waals surface area contributed by atoms with Gasteiger partial charge in [0.05, 0.1) is 120 Å². The first-order chi connectivity index (χ1) is 26.1. The molecule has 3 aromatic heterocycles. The molecule has 1 aromatic carbocycles. The fourth-order valence-corrected chi connectivity index (χ4v) is 5.96. The van der Waals surface area contributed by atoms with Crippen molar-refractivity contribution in [2.45, 2.75) is 64.6 Å². The predicted octanol–water partition coefficient (Wildman–Crippen LogP) is 3.94. The summed E-state index contributed by atoms with van der Waals surface area (Å²) in [5.41, 5.74) is 4.99. The van der Waals surface area contributed by atoms with E-state index >= 15 is 0 Å². The van der Waals surface area contributed by atoms with Gasteiger partial charge in [0, 0.05) is 43.4 Å². The first-order valence-corrected chi connectivity index (χ1v) is 19.4. The Morgan fingerprint density at radius 3 is 2.19 bits per heavy atom. The Kier molecular flexibility index (Phi) is 20.7. The maximum absolute atomic E-state index is 12.7. The van der Waals surface area contributed by atoms with Crippen LogP contribution in [-0.2, 0) is 58.2 Å². The minimum absolute atomic E-state index is 0.0281. The van der Waals surface area contributed by atoms with E-state index in [1.54, 1.807) is 27.5 Å². The lowest BCUT2D eigenvalue weighted by atomic mass is 10.1. The SMILES string of the molecule is CNC(=O)CCOCCOCCOCCOCCOCc1cn(CCC(C)C)nn1.COc1ccc2nc([S@@](=O)Cc3ncc(C)c(OC)c3C)[nH]c2c1. The van der Waals surface area contributed by atoms with Crippen molar-refractivity contribution < 1.29 is 42.2 Å². The van der Waals surface area contributed by atoms with Gasteiger partial charge in [-0.05, 0) is 38.3 Å². The summed E-state index contributed by atoms with van der Waals surface area (Å²) < 4.78 is 52.2. The van der Waals surface area contributed by atoms with Gasteiger partial charge in [-0.3, -0.25) is 18.7 Å². The van der Waals surface area contributed by atoms with Gasteiger partial charge in [0.15, 0.2) is 5.16 Å². The number of nitrogens with zero attached hydrogens (tertiary/aromatic N) is 5. The predicted molar refractivity (Wildman–Crippen MR) is 204 cm³/mol. The number of fused-ring (bicyclic) bond motifs is 1. The van der Waals surface area contributed by atoms with Crippen LogP contribution in [0.3, 0.4) is 0 Å². The second-order valence-electron chi connectivity index (χ2n) is 12.5. The molecule has 0 aliphatic heterocycles. The van der Waals surface area contributed by atoms with Crippen LogP contribution in [0.5, 0.6) is 11.5 Å². The third-order valence-corrected chi connectivity index (χ3v) is 9.07. The topological polar surface area (TPSA) is 183 Å². The number of aryl methyl sites for hydroxylation is 2. The first-order valence-electron chi connectivity index (χ1n) is 18.0. The first kappa shape index (κ1) is 44.4. The number of hydrogen-bond acceptors (Lipinski definition) is 13. The minimum atomic E-state index is -1.33. The van der Waals surface area contributed by atoms with Crippen molar-refractivity contribution in [3.05, 3.63) is 53.1 Å². The minimum Gasteiger partial charge on any atom is -0.497 e. The number of ether oxygens (including phenoxy) is 7. The number of aromatic nitrogens is 6. The third-order valence-electron chi connectivity index (χ3n) is 7.91. The molecule has 1 atom stereocenters. The smallest absolute Gasteiger partial charge is 0.222 e. The molecule has 4 rings (SSSR count). The quantitative estimate of drug-likeness (QED) is 0.0925. The molecule has 0 saturated carbocycles. The van der Waals surface area contributed by atoms with E-state index in [1.165, 1.54) is 0 Å². The Bertz CT molecular complexity index is 1700. The van der Waals surface area contributed by atoms with E-state index < -0.39 is 10.8 Å². The van der Waals surface area contributed by atoms with Gasteiger partial charge >= 0.3 is 0 Å². The van der Waals surface area contributed by atoms with Crippen LogP contribution in [0.2, 0.25) is 0 Å². The lowest BCUT2D eigenvalue weighted by Gasteiger charge is -2.11. The van der Waals surface area contributed by atoms with E-state index in [9.17, 15) is 9.00 Å². The van der Waals surface area contributed by atoms with Crippen molar-refractivity contribution in [3.63, 3.8) is 0 Å². The number of carbonyl (C=O) groups is 1. The summed E-state index contributed by atoms with van der Waals surface area (Å²) in [4.78, 5) is 22.9. The number of benzene rings is 1. The van der Waals surface area contributed by atoms with Crippen LogP contribution >= 0.6 is 0 Å². The summed E-state index contributed by atoms with van der Waals surface area (Å²) in [5.74, 6) is 2.41. The van der Waals surface area contributed by atoms with Crippen molar-refractivity contribution in [2.75, 3.05) is 80.7 Å². The second kappa shape index (κ2) is 25.1. The van der Waals surface area contributed by atoms with E-state index in [1.807, 2.05) is 42.9 Å². The molecule has 0 radical (unpaired) electrons. The molecule has 4 aromatic rings. The highest BCUT2D eigenvalue weighted by Crippen LogP contribution is 2.26. The Labute approximate surface area is 320 Å². The molecule has 54 heavy (non-hydrogen) atoms. The Balaban J connectivity index is 0.000000296. The molecule has 3 heterocycles. The number of nitrogens with one attached hydrogen (secondary N) is 2. The van der Waals surface area contributed by atoms with Crippen molar-refractivity contribution in [1.82, 2.24) is 35.3 Å². The largest absolute Gasteiger partial charge is 0.497 e. The van der Waals surface area contributed by atoms with Crippen LogP contribution < -0.4 is 14.8 Å². The molecule has 2 N–H and O–H groups in total. The van der Waals surface area contributed by atoms with Crippen LogP contribution in [0.15, 0.2) is 35.7 Å². The van der Waals surface area contributed by atoms with Gasteiger partial charge in [0.1, 0.15) is 17.2 Å². The number of aromatic amines is 1. The van der Waals surface area contributed by atoms with Crippen molar-refractivity contribution in [3.8, 4) is 11.5 Å². The molecule has 0 spiro atoms. The zero-order valence-corrected chi connectivity index (χ0v) is 33.5. The van der Waals surface area contributed by atoms with Crippen LogP contribution in [-0.4, -0.2) is 121 Å². The van der Waals surface area contributed by atoms with Gasteiger partial charge in [-0.15, -0.1) is 5.10 Å². The fraction of sp³-hybridized carbons (Fsp3) is 0.595. The molecule has 16 nitrogen and oxygen atoms in total. The van der Waals surface area contributed by atoms with Crippen LogP contribution in [0, 0.1) is 19.8 Å². The normalized spacial score (nSPS) is 11.8. The number of carbonyl (C=O) groups excluding carboxylic acids is 1. The highest BCUT2D eigenvalue weighted by atomic mass is 32.2. The number of amides is 1. The average Bonchev–Trinajstić information content (AvgIpc) is 3.82. The van der Waals surface area contributed by atoms with Gasteiger partial charge in [0.25, 0.3) is 0 Å². The lowest BCUT2D eigenvalue weighted by Crippen LogP contribution is -2.20. The van der Waals surface area contributed by atoms with Crippen molar-refractivity contribution >= 4 is 27.7 Å². The molecule has 0 saturated heterocycles. The lowest BCUT2D eigenvalue weighted by molar-refractivity contribution is -0.121. The molecule has 300 valence electrons. The Morgan fingerprint density at radius 2 is 1.57 bits per heavy atom. The number of pyridine rings is 1. The Hall–Kier alpha value is -4.00. The molecule has 0 aliphatic carbocycles. The number of H-pyrrole nitrogens is 1. The molecule has 0 bridgehead atoms. The van der Waals surface area contributed by atoms with E-state index in [0.29, 0.717) is 83.6 Å². The molecule has 0 aliphatic rings. The summed E-state index contributed by atoms with van der Waals surface area (Å²) in [7, 11) is 3.51. The maximum atomic E-state index is 12.7. The van der Waals surface area contributed by atoms with Crippen molar-refractivity contribution in [2.24, 2.45) is 5.92 Å². The van der Waals surface area contributed by atoms with Gasteiger partial charge in [-0.1, -0.05) is 19.1 Å². The highest BCUT2D eigenvalue weighted by molar-refractivity contribution is 7.84. The summed E-state index contributed by atoms with van der Waals surface area (Å²) >= 11 is 0. The molecular formula is C37H57N7O9S. The van der Waals surface area contributed by atoms with Gasteiger partial charge in [-0.2, -0.15) is 0 Å². The number of imidazole rings is 1. The Morgan fingerprint density at radius 1 is 0.926 bits per heavy atom. The van der Waals surface area contributed by atoms with E-state index in [4.69, 9.17) is 33.2 Å². The number of rotatable bonds is 25. The summed E-state index contributed by atoms with van der Waals surface area (Å²) in [5, 5.41) is 11.2. The van der Waals surface area contributed by atoms with Gasteiger partial charge in [0.2, 0.25) is 5.91 Å².